The van der Waals surface area contributed by atoms with Gasteiger partial charge in [-0.15, -0.1) is 0 Å². The van der Waals surface area contributed by atoms with Crippen molar-refractivity contribution < 1.29 is 9.90 Å². The zero-order valence-electron chi connectivity index (χ0n) is 16.9. The number of aromatic carboxylic acids is 1. The molecule has 0 saturated heterocycles. The Labute approximate surface area is 172 Å². The van der Waals surface area contributed by atoms with Crippen LogP contribution in [0.3, 0.4) is 0 Å². The molecule has 3 aromatic rings. The molecule has 0 aliphatic heterocycles. The Balaban J connectivity index is 1.54. The second kappa shape index (κ2) is 10.0. The van der Waals surface area contributed by atoms with Crippen LogP contribution in [-0.4, -0.2) is 17.6 Å². The fourth-order valence-electron chi connectivity index (χ4n) is 3.71. The van der Waals surface area contributed by atoms with Crippen molar-refractivity contribution in [2.24, 2.45) is 5.73 Å². The normalized spacial score (nSPS) is 10.9. The van der Waals surface area contributed by atoms with Gasteiger partial charge in [-0.25, -0.2) is 4.79 Å². The van der Waals surface area contributed by atoms with E-state index in [9.17, 15) is 9.90 Å². The highest BCUT2D eigenvalue weighted by Crippen LogP contribution is 2.21. The summed E-state index contributed by atoms with van der Waals surface area (Å²) < 4.78 is 0. The smallest absolute Gasteiger partial charge is 0.335 e. The van der Waals surface area contributed by atoms with Gasteiger partial charge in [0.25, 0.3) is 0 Å². The molecule has 3 rings (SSSR count). The molecule has 0 aliphatic carbocycles. The van der Waals surface area contributed by atoms with Crippen LogP contribution in [0.4, 0.5) is 0 Å². The molecule has 0 unspecified atom stereocenters. The van der Waals surface area contributed by atoms with Gasteiger partial charge in [0.1, 0.15) is 0 Å². The van der Waals surface area contributed by atoms with Gasteiger partial charge in [-0.2, -0.15) is 0 Å². The number of hydrogen-bond donors (Lipinski definition) is 2. The van der Waals surface area contributed by atoms with Crippen LogP contribution in [0.25, 0.3) is 10.8 Å². The minimum absolute atomic E-state index is 0.321. The summed E-state index contributed by atoms with van der Waals surface area (Å²) in [5.41, 5.74) is 11.0. The van der Waals surface area contributed by atoms with E-state index in [1.807, 2.05) is 6.07 Å². The Morgan fingerprint density at radius 2 is 1.59 bits per heavy atom. The molecule has 29 heavy (non-hydrogen) atoms. The van der Waals surface area contributed by atoms with E-state index in [1.165, 1.54) is 22.3 Å². The minimum atomic E-state index is -0.895. The van der Waals surface area contributed by atoms with Crippen molar-refractivity contribution in [1.82, 2.24) is 0 Å². The topological polar surface area (TPSA) is 63.3 Å². The Kier molecular flexibility index (Phi) is 7.20. The number of carboxylic acid groups (broad SMARTS) is 1. The first-order valence-corrected chi connectivity index (χ1v) is 10.3. The van der Waals surface area contributed by atoms with Gasteiger partial charge in [0.05, 0.1) is 5.56 Å². The molecule has 0 fully saturated rings. The fourth-order valence-corrected chi connectivity index (χ4v) is 3.71. The van der Waals surface area contributed by atoms with Crippen molar-refractivity contribution >= 4 is 16.7 Å². The van der Waals surface area contributed by atoms with Crippen molar-refractivity contribution in [3.8, 4) is 0 Å². The molecule has 3 heteroatoms. The zero-order valence-corrected chi connectivity index (χ0v) is 16.9. The highest BCUT2D eigenvalue weighted by molar-refractivity contribution is 5.94. The summed E-state index contributed by atoms with van der Waals surface area (Å²) >= 11 is 0. The highest BCUT2D eigenvalue weighted by Gasteiger charge is 2.05. The molecule has 3 aromatic carbocycles. The predicted molar refractivity (Wildman–Crippen MR) is 121 cm³/mol. The van der Waals surface area contributed by atoms with Crippen LogP contribution < -0.4 is 5.73 Å². The third-order valence-electron chi connectivity index (χ3n) is 5.26. The Hall–Kier alpha value is -2.91. The Bertz CT molecular complexity index is 1010. The lowest BCUT2D eigenvalue weighted by molar-refractivity contribution is 0.0697. The van der Waals surface area contributed by atoms with Gasteiger partial charge < -0.3 is 10.8 Å². The Morgan fingerprint density at radius 1 is 0.862 bits per heavy atom. The number of nitrogens with two attached hydrogens (primary N) is 1. The molecule has 0 spiro atoms. The molecule has 0 amide bonds. The standard InChI is InChI=1S/C26H29NO2/c1-19(5-2-6-20-7-3-8-21(16-20)9-4-14-27)15-22-10-11-23-12-13-24(26(28)29)18-25(23)17-22/h3,7-8,10-13,16-18H,1-2,4-6,9,14-15,27H2,(H,28,29). The molecule has 0 aliphatic rings. The van der Waals surface area contributed by atoms with E-state index in [2.05, 4.69) is 49.0 Å². The number of benzene rings is 3. The SMILES string of the molecule is C=C(CCCc1cccc(CCCN)c1)Cc1ccc2ccc(C(=O)O)cc2c1. The number of hydrogen-bond acceptors (Lipinski definition) is 2. The third-order valence-corrected chi connectivity index (χ3v) is 5.26. The average Bonchev–Trinajstić information content (AvgIpc) is 2.72. The maximum atomic E-state index is 11.2. The number of carboxylic acids is 1. The van der Waals surface area contributed by atoms with E-state index in [4.69, 9.17) is 5.73 Å². The van der Waals surface area contributed by atoms with E-state index in [-0.39, 0.29) is 0 Å². The monoisotopic (exact) mass is 387 g/mol. The van der Waals surface area contributed by atoms with Gasteiger partial charge in [-0.3, -0.25) is 0 Å². The lowest BCUT2D eigenvalue weighted by Gasteiger charge is -2.09. The molecule has 0 heterocycles. The van der Waals surface area contributed by atoms with Gasteiger partial charge in [-0.05, 0) is 84.7 Å². The first kappa shape index (κ1) is 20.8. The largest absolute Gasteiger partial charge is 0.478 e. The number of aryl methyl sites for hydroxylation is 2. The third kappa shape index (κ3) is 6.03. The molecule has 150 valence electrons. The van der Waals surface area contributed by atoms with Crippen LogP contribution in [0.5, 0.6) is 0 Å². The molecular formula is C26H29NO2. The minimum Gasteiger partial charge on any atom is -0.478 e. The van der Waals surface area contributed by atoms with E-state index < -0.39 is 5.97 Å². The molecule has 3 N–H and O–H groups in total. The van der Waals surface area contributed by atoms with E-state index in [0.29, 0.717) is 5.56 Å². The van der Waals surface area contributed by atoms with Crippen LogP contribution in [0.2, 0.25) is 0 Å². The molecule has 0 saturated carbocycles. The lowest BCUT2D eigenvalue weighted by atomic mass is 9.97. The van der Waals surface area contributed by atoms with Crippen LogP contribution >= 0.6 is 0 Å². The maximum Gasteiger partial charge on any atom is 0.335 e. The van der Waals surface area contributed by atoms with Gasteiger partial charge >= 0.3 is 5.97 Å². The zero-order chi connectivity index (χ0) is 20.6. The molecule has 0 bridgehead atoms. The fraction of sp³-hybridized carbons (Fsp3) is 0.269. The van der Waals surface area contributed by atoms with Crippen molar-refractivity contribution in [3.05, 3.63) is 95.1 Å². The quantitative estimate of drug-likeness (QED) is 0.448. The summed E-state index contributed by atoms with van der Waals surface area (Å²) in [6, 6.07) is 20.3. The van der Waals surface area contributed by atoms with Crippen LogP contribution in [0.1, 0.15) is 46.3 Å². The summed E-state index contributed by atoms with van der Waals surface area (Å²) in [4.78, 5) is 11.2. The molecular weight excluding hydrogens is 358 g/mol. The summed E-state index contributed by atoms with van der Waals surface area (Å²) in [5.74, 6) is -0.895. The summed E-state index contributed by atoms with van der Waals surface area (Å²) in [7, 11) is 0. The van der Waals surface area contributed by atoms with Gasteiger partial charge in [0.2, 0.25) is 0 Å². The van der Waals surface area contributed by atoms with Gasteiger partial charge in [-0.1, -0.05) is 60.7 Å². The number of carbonyl (C=O) groups is 1. The van der Waals surface area contributed by atoms with Gasteiger partial charge in [0, 0.05) is 0 Å². The van der Waals surface area contributed by atoms with Crippen molar-refractivity contribution in [1.29, 1.82) is 0 Å². The summed E-state index contributed by atoms with van der Waals surface area (Å²) in [5, 5.41) is 11.2. The van der Waals surface area contributed by atoms with E-state index in [0.717, 1.165) is 55.8 Å². The molecule has 3 nitrogen and oxygen atoms in total. The molecule has 0 atom stereocenters. The summed E-state index contributed by atoms with van der Waals surface area (Å²) in [6.45, 7) is 4.99. The van der Waals surface area contributed by atoms with Crippen molar-refractivity contribution in [3.63, 3.8) is 0 Å². The van der Waals surface area contributed by atoms with E-state index in [1.54, 1.807) is 12.1 Å². The lowest BCUT2D eigenvalue weighted by Crippen LogP contribution is -2.00. The average molecular weight is 388 g/mol. The van der Waals surface area contributed by atoms with Crippen LogP contribution in [0.15, 0.2) is 72.8 Å². The highest BCUT2D eigenvalue weighted by atomic mass is 16.4. The number of rotatable bonds is 10. The van der Waals surface area contributed by atoms with Gasteiger partial charge in [0.15, 0.2) is 0 Å². The molecule has 0 radical (unpaired) electrons. The summed E-state index contributed by atoms with van der Waals surface area (Å²) in [6.07, 6.45) is 6.01. The van der Waals surface area contributed by atoms with E-state index >= 15 is 0 Å². The number of fused-ring (bicyclic) bond motifs is 1. The predicted octanol–water partition coefficient (Wildman–Crippen LogP) is 5.55. The van der Waals surface area contributed by atoms with Crippen LogP contribution in [0, 0.1) is 0 Å². The Morgan fingerprint density at radius 3 is 2.31 bits per heavy atom. The maximum absolute atomic E-state index is 11.2. The van der Waals surface area contributed by atoms with Crippen molar-refractivity contribution in [2.45, 2.75) is 38.5 Å². The first-order valence-electron chi connectivity index (χ1n) is 10.3. The van der Waals surface area contributed by atoms with Crippen LogP contribution in [-0.2, 0) is 19.3 Å². The number of allylic oxidation sites excluding steroid dienone is 1. The van der Waals surface area contributed by atoms with Crippen molar-refractivity contribution in [2.75, 3.05) is 6.54 Å². The second-order valence-electron chi connectivity index (χ2n) is 7.69. The molecule has 0 aromatic heterocycles. The first-order chi connectivity index (χ1) is 14.0. The second-order valence-corrected chi connectivity index (χ2v) is 7.69.